The Balaban J connectivity index is 2.33. The maximum atomic E-state index is 12.9. The minimum absolute atomic E-state index is 0.109. The van der Waals surface area contributed by atoms with Gasteiger partial charge < -0.3 is 11.1 Å². The van der Waals surface area contributed by atoms with E-state index in [4.69, 9.17) is 17.3 Å². The van der Waals surface area contributed by atoms with Gasteiger partial charge in [-0.05, 0) is 29.8 Å². The van der Waals surface area contributed by atoms with Crippen LogP contribution in [0.2, 0.25) is 5.15 Å². The predicted molar refractivity (Wildman–Crippen MR) is 89.8 cm³/mol. The van der Waals surface area contributed by atoms with E-state index < -0.39 is 46.9 Å². The molecule has 1 aromatic carbocycles. The first-order valence-electron chi connectivity index (χ1n) is 7.77. The molecule has 29 heavy (non-hydrogen) atoms. The molecule has 3 N–H and O–H groups in total. The Morgan fingerprint density at radius 3 is 2.00 bits per heavy atom. The quantitative estimate of drug-likeness (QED) is 0.551. The Labute approximate surface area is 164 Å². The van der Waals surface area contributed by atoms with Crippen molar-refractivity contribution in [3.05, 3.63) is 63.9 Å². The van der Waals surface area contributed by atoms with E-state index in [2.05, 4.69) is 4.98 Å². The van der Waals surface area contributed by atoms with E-state index in [1.165, 1.54) is 18.3 Å². The Hall–Kier alpha value is -2.82. The topological polar surface area (TPSA) is 85.1 Å². The molecule has 0 aliphatic heterocycles. The molecule has 2 aromatic rings. The highest BCUT2D eigenvalue weighted by atomic mass is 35.5. The number of halogens is 7. The van der Waals surface area contributed by atoms with Gasteiger partial charge in [-0.2, -0.15) is 26.3 Å². The second kappa shape index (κ2) is 8.27. The van der Waals surface area contributed by atoms with Gasteiger partial charge in [0.2, 0.25) is 5.91 Å². The Bertz CT molecular complexity index is 881. The molecule has 1 aromatic heterocycles. The van der Waals surface area contributed by atoms with Crippen molar-refractivity contribution in [2.45, 2.75) is 24.8 Å². The average molecular weight is 440 g/mol. The van der Waals surface area contributed by atoms with Gasteiger partial charge in [0.05, 0.1) is 11.1 Å². The summed E-state index contributed by atoms with van der Waals surface area (Å²) >= 11 is 5.62. The molecule has 1 heterocycles. The molecule has 0 aliphatic carbocycles. The Morgan fingerprint density at radius 2 is 1.59 bits per heavy atom. The molecular formula is C17H12ClF6N3O2. The van der Waals surface area contributed by atoms with Crippen LogP contribution in [0.3, 0.4) is 0 Å². The second-order valence-electron chi connectivity index (χ2n) is 5.92. The van der Waals surface area contributed by atoms with Crippen molar-refractivity contribution in [3.8, 4) is 0 Å². The Kier molecular flexibility index (Phi) is 6.41. The van der Waals surface area contributed by atoms with E-state index in [1.54, 1.807) is 0 Å². The van der Waals surface area contributed by atoms with Crippen LogP contribution >= 0.6 is 11.6 Å². The van der Waals surface area contributed by atoms with Crippen molar-refractivity contribution in [1.82, 2.24) is 10.3 Å². The van der Waals surface area contributed by atoms with Crippen LogP contribution in [0.25, 0.3) is 0 Å². The SMILES string of the molecule is NC(=O)[C@@H](Cc1ccc(Cl)nc1)NC(=O)c1cc(C(F)(F)F)cc(C(F)(F)F)c1. The number of hydrogen-bond acceptors (Lipinski definition) is 3. The van der Waals surface area contributed by atoms with Gasteiger partial charge in [-0.3, -0.25) is 9.59 Å². The number of alkyl halides is 6. The normalized spacial score (nSPS) is 13.1. The maximum Gasteiger partial charge on any atom is 0.416 e. The average Bonchev–Trinajstić information content (AvgIpc) is 2.61. The molecule has 12 heteroatoms. The predicted octanol–water partition coefficient (Wildman–Crippen LogP) is 3.60. The number of rotatable bonds is 5. The van der Waals surface area contributed by atoms with E-state index in [1.807, 2.05) is 5.32 Å². The van der Waals surface area contributed by atoms with Crippen LogP contribution in [0.5, 0.6) is 0 Å². The monoisotopic (exact) mass is 439 g/mol. The Morgan fingerprint density at radius 1 is 1.03 bits per heavy atom. The van der Waals surface area contributed by atoms with Gasteiger partial charge in [-0.1, -0.05) is 17.7 Å². The van der Waals surface area contributed by atoms with Crippen molar-refractivity contribution in [1.29, 1.82) is 0 Å². The third-order valence-electron chi connectivity index (χ3n) is 3.73. The smallest absolute Gasteiger partial charge is 0.368 e. The highest BCUT2D eigenvalue weighted by Gasteiger charge is 2.37. The summed E-state index contributed by atoms with van der Waals surface area (Å²) in [6, 6.07) is 1.85. The molecule has 2 rings (SSSR count). The first-order chi connectivity index (χ1) is 13.3. The van der Waals surface area contributed by atoms with Crippen molar-refractivity contribution >= 4 is 23.4 Å². The van der Waals surface area contributed by atoms with E-state index >= 15 is 0 Å². The maximum absolute atomic E-state index is 12.9. The lowest BCUT2D eigenvalue weighted by molar-refractivity contribution is -0.143. The number of aromatic nitrogens is 1. The van der Waals surface area contributed by atoms with Gasteiger partial charge in [-0.25, -0.2) is 4.98 Å². The molecule has 0 radical (unpaired) electrons. The number of nitrogens with zero attached hydrogens (tertiary/aromatic N) is 1. The van der Waals surface area contributed by atoms with Gasteiger partial charge in [0, 0.05) is 18.2 Å². The summed E-state index contributed by atoms with van der Waals surface area (Å²) in [5.41, 5.74) is 1.34. The molecular weight excluding hydrogens is 428 g/mol. The minimum atomic E-state index is -5.12. The third-order valence-corrected chi connectivity index (χ3v) is 3.95. The standard InChI is InChI=1S/C17H12ClF6N3O2/c18-13-2-1-8(7-26-13)3-12(14(25)28)27-15(29)9-4-10(16(19,20)21)6-11(5-9)17(22,23)24/h1-2,4-7,12H,3H2,(H2,25,28)(H,27,29)/t12-/m1/s1. The van der Waals surface area contributed by atoms with E-state index in [9.17, 15) is 35.9 Å². The zero-order valence-corrected chi connectivity index (χ0v) is 15.0. The lowest BCUT2D eigenvalue weighted by Crippen LogP contribution is -2.46. The van der Waals surface area contributed by atoms with Crippen LogP contribution in [-0.4, -0.2) is 22.8 Å². The third kappa shape index (κ3) is 6.08. The number of primary amides is 1. The van der Waals surface area contributed by atoms with Gasteiger partial charge in [-0.15, -0.1) is 0 Å². The number of amides is 2. The number of benzene rings is 1. The molecule has 0 unspecified atom stereocenters. The number of carbonyl (C=O) groups is 2. The summed E-state index contributed by atoms with van der Waals surface area (Å²) in [5.74, 6) is -2.37. The molecule has 156 valence electrons. The molecule has 0 aliphatic rings. The summed E-state index contributed by atoms with van der Waals surface area (Å²) < 4.78 is 77.5. The fourth-order valence-corrected chi connectivity index (χ4v) is 2.43. The van der Waals surface area contributed by atoms with Gasteiger partial charge in [0.25, 0.3) is 5.91 Å². The zero-order valence-electron chi connectivity index (χ0n) is 14.2. The largest absolute Gasteiger partial charge is 0.416 e. The van der Waals surface area contributed by atoms with Gasteiger partial charge in [0.15, 0.2) is 0 Å². The summed E-state index contributed by atoms with van der Waals surface area (Å²) in [4.78, 5) is 27.6. The minimum Gasteiger partial charge on any atom is -0.368 e. The van der Waals surface area contributed by atoms with Crippen LogP contribution in [0.4, 0.5) is 26.3 Å². The first kappa shape index (κ1) is 22.5. The van der Waals surface area contributed by atoms with Crippen LogP contribution < -0.4 is 11.1 Å². The summed E-state index contributed by atoms with van der Waals surface area (Å²) in [6.45, 7) is 0. The van der Waals surface area contributed by atoms with Crippen LogP contribution in [0.1, 0.15) is 27.0 Å². The molecule has 0 bridgehead atoms. The highest BCUT2D eigenvalue weighted by molar-refractivity contribution is 6.29. The summed E-state index contributed by atoms with van der Waals surface area (Å²) in [7, 11) is 0. The van der Waals surface area contributed by atoms with E-state index in [0.29, 0.717) is 5.56 Å². The lowest BCUT2D eigenvalue weighted by atomic mass is 10.0. The van der Waals surface area contributed by atoms with Gasteiger partial charge >= 0.3 is 12.4 Å². The molecule has 0 saturated heterocycles. The molecule has 0 saturated carbocycles. The molecule has 0 fully saturated rings. The van der Waals surface area contributed by atoms with Crippen LogP contribution in [-0.2, 0) is 23.6 Å². The molecule has 5 nitrogen and oxygen atoms in total. The number of nitrogens with two attached hydrogens (primary N) is 1. The number of nitrogens with one attached hydrogen (secondary N) is 1. The molecule has 0 spiro atoms. The summed E-state index contributed by atoms with van der Waals surface area (Å²) in [6.07, 6.45) is -9.16. The fraction of sp³-hybridized carbons (Fsp3) is 0.235. The highest BCUT2D eigenvalue weighted by Crippen LogP contribution is 2.36. The number of pyridine rings is 1. The number of carbonyl (C=O) groups excluding carboxylic acids is 2. The van der Waals surface area contributed by atoms with Crippen molar-refractivity contribution < 1.29 is 35.9 Å². The molecule has 2 amide bonds. The lowest BCUT2D eigenvalue weighted by Gasteiger charge is -2.17. The van der Waals surface area contributed by atoms with E-state index in [-0.39, 0.29) is 29.8 Å². The fourth-order valence-electron chi connectivity index (χ4n) is 2.31. The van der Waals surface area contributed by atoms with Crippen molar-refractivity contribution in [2.24, 2.45) is 5.73 Å². The zero-order chi connectivity index (χ0) is 22.0. The van der Waals surface area contributed by atoms with Crippen molar-refractivity contribution in [2.75, 3.05) is 0 Å². The van der Waals surface area contributed by atoms with Crippen LogP contribution in [0, 0.1) is 0 Å². The number of hydrogen-bond donors (Lipinski definition) is 2. The van der Waals surface area contributed by atoms with Gasteiger partial charge in [0.1, 0.15) is 11.2 Å². The first-order valence-corrected chi connectivity index (χ1v) is 8.15. The van der Waals surface area contributed by atoms with Crippen LogP contribution in [0.15, 0.2) is 36.5 Å². The van der Waals surface area contributed by atoms with E-state index in [0.717, 1.165) is 0 Å². The second-order valence-corrected chi connectivity index (χ2v) is 6.30. The molecule has 1 atom stereocenters. The summed E-state index contributed by atoms with van der Waals surface area (Å²) in [5, 5.41) is 2.19. The van der Waals surface area contributed by atoms with Crippen molar-refractivity contribution in [3.63, 3.8) is 0 Å².